The molecule has 0 heterocycles. The van der Waals surface area contributed by atoms with E-state index in [4.69, 9.17) is 4.43 Å². The Morgan fingerprint density at radius 2 is 1.41 bits per heavy atom. The van der Waals surface area contributed by atoms with E-state index >= 15 is 0 Å². The highest BCUT2D eigenvalue weighted by Crippen LogP contribution is 2.17. The number of rotatable bonds is 13. The Labute approximate surface area is 180 Å². The zero-order valence-electron chi connectivity index (χ0n) is 17.8. The molecule has 2 heteroatoms. The molecule has 0 amide bonds. The summed E-state index contributed by atoms with van der Waals surface area (Å²) in [6, 6.07) is 20.9. The fraction of sp³-hybridized carbons (Fsp3) is 0.407. The molecule has 2 rings (SSSR count). The maximum absolute atomic E-state index is 5.89. The molecule has 0 spiro atoms. The zero-order valence-corrected chi connectivity index (χ0v) is 18.8. The topological polar surface area (TPSA) is 9.23 Å². The van der Waals surface area contributed by atoms with E-state index in [1.807, 2.05) is 12.1 Å². The second-order valence-corrected chi connectivity index (χ2v) is 8.34. The minimum absolute atomic E-state index is 0.297. The largest absolute Gasteiger partial charge is 0.400 e. The van der Waals surface area contributed by atoms with E-state index in [2.05, 4.69) is 73.4 Å². The summed E-state index contributed by atoms with van der Waals surface area (Å²) in [4.78, 5) is 0. The molecular formula is C27H34OSi. The van der Waals surface area contributed by atoms with Gasteiger partial charge in [0.25, 0.3) is 9.76 Å². The van der Waals surface area contributed by atoms with Crippen molar-refractivity contribution < 1.29 is 4.43 Å². The van der Waals surface area contributed by atoms with Crippen LogP contribution < -0.4 is 0 Å². The molecule has 152 valence electrons. The van der Waals surface area contributed by atoms with Gasteiger partial charge in [0.05, 0.1) is 6.61 Å². The van der Waals surface area contributed by atoms with E-state index in [-0.39, 0.29) is 0 Å². The molecule has 0 bridgehead atoms. The standard InChI is InChI=1S/C27H34OSi/c1-2-3-4-5-6-7-8-9-10-11-18-23-28-29-27(26-21-16-13-17-22-26)24-25-19-14-12-15-20-25/h12-17,19-22,24H,2-10,23H2,1H3/b27-24-. The maximum Gasteiger partial charge on any atom is 0.270 e. The van der Waals surface area contributed by atoms with Gasteiger partial charge in [-0.25, -0.2) is 0 Å². The van der Waals surface area contributed by atoms with Crippen LogP contribution in [0.3, 0.4) is 0 Å². The van der Waals surface area contributed by atoms with Crippen molar-refractivity contribution in [3.8, 4) is 11.8 Å². The number of unbranched alkanes of at least 4 members (excludes halogenated alkanes) is 8. The summed E-state index contributed by atoms with van der Waals surface area (Å²) < 4.78 is 5.89. The van der Waals surface area contributed by atoms with Gasteiger partial charge in [-0.05, 0) is 22.7 Å². The van der Waals surface area contributed by atoms with Crippen LogP contribution in [0.4, 0.5) is 0 Å². The van der Waals surface area contributed by atoms with Crippen molar-refractivity contribution >= 4 is 21.0 Å². The molecule has 0 atom stereocenters. The van der Waals surface area contributed by atoms with Crippen LogP contribution in [0.5, 0.6) is 0 Å². The lowest BCUT2D eigenvalue weighted by atomic mass is 10.1. The predicted octanol–water partition coefficient (Wildman–Crippen LogP) is 7.35. The molecule has 1 nitrogen and oxygen atoms in total. The van der Waals surface area contributed by atoms with Crippen LogP contribution in [0.1, 0.15) is 75.8 Å². The first-order chi connectivity index (χ1) is 14.4. The number of hydrogen-bond donors (Lipinski definition) is 0. The van der Waals surface area contributed by atoms with Crippen LogP contribution in [0, 0.1) is 11.8 Å². The van der Waals surface area contributed by atoms with Crippen LogP contribution in [0.2, 0.25) is 0 Å². The SMILES string of the molecule is CCCCCCCCCCC#CCO[Si]/C(=C\c1ccccc1)c1ccccc1. The summed E-state index contributed by atoms with van der Waals surface area (Å²) in [5.74, 6) is 6.45. The zero-order chi connectivity index (χ0) is 20.4. The fourth-order valence-electron chi connectivity index (χ4n) is 3.14. The summed E-state index contributed by atoms with van der Waals surface area (Å²) in [5, 5.41) is 1.21. The molecule has 29 heavy (non-hydrogen) atoms. The predicted molar refractivity (Wildman–Crippen MR) is 127 cm³/mol. The Morgan fingerprint density at radius 1 is 0.793 bits per heavy atom. The smallest absolute Gasteiger partial charge is 0.270 e. The van der Waals surface area contributed by atoms with Crippen LogP contribution in [-0.2, 0) is 4.43 Å². The summed E-state index contributed by atoms with van der Waals surface area (Å²) in [6.07, 6.45) is 14.0. The van der Waals surface area contributed by atoms with Gasteiger partial charge >= 0.3 is 0 Å². The molecule has 0 aliphatic rings. The van der Waals surface area contributed by atoms with Crippen molar-refractivity contribution in [3.63, 3.8) is 0 Å². The minimum Gasteiger partial charge on any atom is -0.400 e. The molecule has 0 saturated carbocycles. The van der Waals surface area contributed by atoms with Crippen LogP contribution >= 0.6 is 0 Å². The van der Waals surface area contributed by atoms with E-state index in [9.17, 15) is 0 Å². The monoisotopic (exact) mass is 402 g/mol. The highest BCUT2D eigenvalue weighted by Gasteiger charge is 2.04. The third-order valence-corrected chi connectivity index (χ3v) is 5.74. The van der Waals surface area contributed by atoms with Crippen molar-refractivity contribution in [3.05, 3.63) is 71.8 Å². The first-order valence-electron chi connectivity index (χ1n) is 11.1. The molecule has 2 radical (unpaired) electrons. The fourth-order valence-corrected chi connectivity index (χ4v) is 3.95. The summed E-state index contributed by atoms with van der Waals surface area (Å²) in [7, 11) is 0.297. The molecule has 0 N–H and O–H groups in total. The van der Waals surface area contributed by atoms with E-state index in [1.54, 1.807) is 0 Å². The highest BCUT2D eigenvalue weighted by atomic mass is 28.2. The van der Waals surface area contributed by atoms with Gasteiger partial charge in [-0.2, -0.15) is 0 Å². The Kier molecular flexibility index (Phi) is 12.6. The normalized spacial score (nSPS) is 11.1. The van der Waals surface area contributed by atoms with Gasteiger partial charge in [-0.3, -0.25) is 0 Å². The minimum atomic E-state index is 0.297. The highest BCUT2D eigenvalue weighted by molar-refractivity contribution is 6.57. The maximum atomic E-state index is 5.89. The van der Waals surface area contributed by atoms with Gasteiger partial charge in [-0.15, -0.1) is 5.92 Å². The van der Waals surface area contributed by atoms with E-state index in [1.165, 1.54) is 67.7 Å². The van der Waals surface area contributed by atoms with Crippen molar-refractivity contribution in [2.24, 2.45) is 0 Å². The van der Waals surface area contributed by atoms with Crippen molar-refractivity contribution in [1.82, 2.24) is 0 Å². The van der Waals surface area contributed by atoms with Crippen molar-refractivity contribution in [2.45, 2.75) is 64.7 Å². The van der Waals surface area contributed by atoms with Crippen LogP contribution in [0.15, 0.2) is 60.7 Å². The van der Waals surface area contributed by atoms with Gasteiger partial charge in [0.15, 0.2) is 0 Å². The third kappa shape index (κ3) is 10.9. The van der Waals surface area contributed by atoms with Gasteiger partial charge in [0.1, 0.15) is 0 Å². The molecular weight excluding hydrogens is 368 g/mol. The first-order valence-corrected chi connectivity index (χ1v) is 12.0. The molecule has 0 aliphatic carbocycles. The average Bonchev–Trinajstić information content (AvgIpc) is 2.77. The van der Waals surface area contributed by atoms with Crippen molar-refractivity contribution in [2.75, 3.05) is 6.61 Å². The van der Waals surface area contributed by atoms with Crippen molar-refractivity contribution in [1.29, 1.82) is 0 Å². The lowest BCUT2D eigenvalue weighted by Crippen LogP contribution is -2.03. The van der Waals surface area contributed by atoms with E-state index < -0.39 is 0 Å². The van der Waals surface area contributed by atoms with E-state index in [0.717, 1.165) is 6.42 Å². The molecule has 0 saturated heterocycles. The average molecular weight is 403 g/mol. The Hall–Kier alpha value is -2.08. The van der Waals surface area contributed by atoms with Gasteiger partial charge in [-0.1, -0.05) is 125 Å². The molecule has 0 aromatic heterocycles. The Morgan fingerprint density at radius 3 is 2.10 bits per heavy atom. The van der Waals surface area contributed by atoms with Crippen LogP contribution in [-0.4, -0.2) is 16.4 Å². The molecule has 0 unspecified atom stereocenters. The van der Waals surface area contributed by atoms with Gasteiger partial charge < -0.3 is 4.43 Å². The summed E-state index contributed by atoms with van der Waals surface area (Å²) in [6.45, 7) is 2.78. The molecule has 2 aromatic carbocycles. The molecule has 2 aromatic rings. The summed E-state index contributed by atoms with van der Waals surface area (Å²) in [5.41, 5.74) is 2.41. The van der Waals surface area contributed by atoms with Gasteiger partial charge in [0, 0.05) is 6.42 Å². The molecule has 0 fully saturated rings. The quantitative estimate of drug-likeness (QED) is 0.147. The van der Waals surface area contributed by atoms with Crippen LogP contribution in [0.25, 0.3) is 11.3 Å². The number of benzene rings is 2. The first kappa shape index (κ1) is 23.2. The Bertz CT molecular complexity index is 740. The van der Waals surface area contributed by atoms with Gasteiger partial charge in [0.2, 0.25) is 0 Å². The summed E-state index contributed by atoms with van der Waals surface area (Å²) >= 11 is 0. The molecule has 0 aliphatic heterocycles. The Balaban J connectivity index is 1.68. The second-order valence-electron chi connectivity index (χ2n) is 7.30. The third-order valence-electron chi connectivity index (χ3n) is 4.80. The number of hydrogen-bond acceptors (Lipinski definition) is 1. The lowest BCUT2D eigenvalue weighted by Gasteiger charge is -2.06. The lowest BCUT2D eigenvalue weighted by molar-refractivity contribution is 0.401. The van der Waals surface area contributed by atoms with E-state index in [0.29, 0.717) is 16.4 Å². The second kappa shape index (κ2) is 15.8.